The number of aliphatic hydroxyl groups excluding tert-OH is 2. The normalized spacial score (nSPS) is 11.7. The maximum atomic E-state index is 9.77. The lowest BCUT2D eigenvalue weighted by Gasteiger charge is -2.07. The molecular weight excluding hydrogens is 400 g/mol. The van der Waals surface area contributed by atoms with Gasteiger partial charge in [-0.15, -0.1) is 12.4 Å². The first-order valence-corrected chi connectivity index (χ1v) is 6.82. The van der Waals surface area contributed by atoms with Crippen LogP contribution in [0, 0.1) is 0 Å². The van der Waals surface area contributed by atoms with E-state index in [9.17, 15) is 27.6 Å². The third-order valence-electron chi connectivity index (χ3n) is 1.17. The van der Waals surface area contributed by atoms with Crippen molar-refractivity contribution >= 4 is 46.4 Å². The molecule has 0 bridgehead atoms. The molecule has 0 saturated heterocycles. The lowest BCUT2D eigenvalue weighted by atomic mass is 10.2. The average Bonchev–Trinajstić information content (AvgIpc) is 2.33. The van der Waals surface area contributed by atoms with Crippen molar-refractivity contribution < 1.29 is 68.3 Å². The Balaban J connectivity index is -0.0000000808. The third kappa shape index (κ3) is 39.0. The molecular formula is C9H17ClO14S. The number of aliphatic carboxylic acids is 4. The molecule has 0 aliphatic rings. The van der Waals surface area contributed by atoms with Gasteiger partial charge in [0.05, 0.1) is 6.26 Å². The summed E-state index contributed by atoms with van der Waals surface area (Å²) < 4.78 is 25.9. The highest BCUT2D eigenvalue weighted by Gasteiger charge is 2.29. The van der Waals surface area contributed by atoms with Gasteiger partial charge in [-0.25, -0.2) is 19.2 Å². The summed E-state index contributed by atoms with van der Waals surface area (Å²) >= 11 is 0. The first-order valence-electron chi connectivity index (χ1n) is 4.97. The number of hydrogen-bond donors (Lipinski definition) is 7. The van der Waals surface area contributed by atoms with Crippen LogP contribution in [0.4, 0.5) is 0 Å². The summed E-state index contributed by atoms with van der Waals surface area (Å²) in [4.78, 5) is 38.7. The zero-order valence-corrected chi connectivity index (χ0v) is 13.8. The number of carboxylic acid groups (broad SMARTS) is 4. The summed E-state index contributed by atoms with van der Waals surface area (Å²) in [6, 6.07) is 0. The highest BCUT2D eigenvalue weighted by molar-refractivity contribution is 7.85. The van der Waals surface area contributed by atoms with Crippen LogP contribution in [0.25, 0.3) is 0 Å². The maximum absolute atomic E-state index is 9.77. The van der Waals surface area contributed by atoms with Crippen LogP contribution < -0.4 is 0 Å². The molecule has 9 N–H and O–H groups in total. The Bertz CT molecular complexity index is 511. The first kappa shape index (κ1) is 34.1. The van der Waals surface area contributed by atoms with Crippen molar-refractivity contribution in [2.45, 2.75) is 12.2 Å². The van der Waals surface area contributed by atoms with E-state index in [1.165, 1.54) is 0 Å². The minimum Gasteiger partial charge on any atom is -0.479 e. The second-order valence-electron chi connectivity index (χ2n) is 3.31. The monoisotopic (exact) mass is 416 g/mol. The molecule has 14 nitrogen and oxygen atoms in total. The molecule has 0 aromatic rings. The van der Waals surface area contributed by atoms with Crippen molar-refractivity contribution in [3.05, 3.63) is 12.2 Å². The molecule has 0 radical (unpaired) electrons. The predicted molar refractivity (Wildman–Crippen MR) is 80.0 cm³/mol. The second-order valence-corrected chi connectivity index (χ2v) is 4.78. The molecule has 0 aliphatic carbocycles. The highest BCUT2D eigenvalue weighted by Crippen LogP contribution is 1.92. The molecule has 0 aromatic carbocycles. The Morgan fingerprint density at radius 2 is 0.960 bits per heavy atom. The molecule has 0 spiro atoms. The van der Waals surface area contributed by atoms with Crippen LogP contribution >= 0.6 is 12.4 Å². The van der Waals surface area contributed by atoms with Gasteiger partial charge in [0.15, 0.2) is 12.2 Å². The van der Waals surface area contributed by atoms with E-state index in [2.05, 4.69) is 0 Å². The fourth-order valence-electron chi connectivity index (χ4n) is 0.413. The lowest BCUT2D eigenvalue weighted by Crippen LogP contribution is -2.39. The van der Waals surface area contributed by atoms with E-state index < -0.39 is 46.2 Å². The van der Waals surface area contributed by atoms with Gasteiger partial charge in [-0.05, 0) is 0 Å². The number of rotatable bonds is 5. The van der Waals surface area contributed by atoms with Crippen LogP contribution in [0.15, 0.2) is 12.2 Å². The van der Waals surface area contributed by atoms with E-state index in [1.807, 2.05) is 0 Å². The molecule has 0 rings (SSSR count). The van der Waals surface area contributed by atoms with Gasteiger partial charge < -0.3 is 36.1 Å². The smallest absolute Gasteiger partial charge is 0.335 e. The molecule has 150 valence electrons. The molecule has 2 unspecified atom stereocenters. The number of carboxylic acids is 4. The fraction of sp³-hybridized carbons (Fsp3) is 0.333. The van der Waals surface area contributed by atoms with Gasteiger partial charge >= 0.3 is 23.9 Å². The van der Waals surface area contributed by atoms with Crippen molar-refractivity contribution in [3.63, 3.8) is 0 Å². The topological polar surface area (TPSA) is 276 Å². The summed E-state index contributed by atoms with van der Waals surface area (Å²) in [5, 5.41) is 48.2. The van der Waals surface area contributed by atoms with Crippen LogP contribution in [-0.2, 0) is 29.3 Å². The van der Waals surface area contributed by atoms with E-state index in [-0.39, 0.29) is 17.9 Å². The zero-order valence-electron chi connectivity index (χ0n) is 12.2. The van der Waals surface area contributed by atoms with Crippen molar-refractivity contribution in [3.8, 4) is 0 Å². The molecule has 0 amide bonds. The van der Waals surface area contributed by atoms with Gasteiger partial charge in [-0.2, -0.15) is 8.42 Å². The van der Waals surface area contributed by atoms with Gasteiger partial charge in [0.2, 0.25) is 0 Å². The van der Waals surface area contributed by atoms with E-state index >= 15 is 0 Å². The number of aliphatic hydroxyl groups is 2. The fourth-order valence-corrected chi connectivity index (χ4v) is 0.413. The van der Waals surface area contributed by atoms with Gasteiger partial charge in [-0.3, -0.25) is 4.55 Å². The number of carbonyl (C=O) groups is 4. The third-order valence-corrected chi connectivity index (χ3v) is 1.17. The second kappa shape index (κ2) is 16.6. The van der Waals surface area contributed by atoms with Gasteiger partial charge in [0.1, 0.15) is 0 Å². The minimum absolute atomic E-state index is 0. The predicted octanol–water partition coefficient (Wildman–Crippen LogP) is -3.31. The summed E-state index contributed by atoms with van der Waals surface area (Å²) in [7, 11) is -3.67. The quantitative estimate of drug-likeness (QED) is 0.171. The van der Waals surface area contributed by atoms with Crippen LogP contribution in [-0.4, -0.2) is 91.4 Å². The molecule has 2 atom stereocenters. The Labute approximate surface area is 146 Å². The van der Waals surface area contributed by atoms with Crippen LogP contribution in [0.5, 0.6) is 0 Å². The summed E-state index contributed by atoms with van der Waals surface area (Å²) in [6.07, 6.45) is -2.70. The first-order chi connectivity index (χ1) is 10.1. The minimum atomic E-state index is -3.67. The summed E-state index contributed by atoms with van der Waals surface area (Å²) in [6.45, 7) is 0. The highest BCUT2D eigenvalue weighted by atomic mass is 35.5. The van der Waals surface area contributed by atoms with Crippen LogP contribution in [0.1, 0.15) is 0 Å². The molecule has 0 heterocycles. The van der Waals surface area contributed by atoms with Crippen LogP contribution in [0.3, 0.4) is 0 Å². The van der Waals surface area contributed by atoms with Crippen molar-refractivity contribution in [1.29, 1.82) is 0 Å². The number of hydrogen-bond acceptors (Lipinski definition) is 8. The average molecular weight is 417 g/mol. The Morgan fingerprint density at radius 3 is 1.04 bits per heavy atom. The van der Waals surface area contributed by atoms with Crippen molar-refractivity contribution in [1.82, 2.24) is 0 Å². The molecule has 0 saturated carbocycles. The van der Waals surface area contributed by atoms with Gasteiger partial charge in [-0.1, -0.05) is 0 Å². The van der Waals surface area contributed by atoms with E-state index in [0.717, 1.165) is 0 Å². The standard InChI is InChI=1S/C4H6O6.C4H4O4.CH4O3S.ClH.H2O/c5-1(3(7)8)2(6)4(9)10;5-3(6)1-2-4(7)8;1-5(2,3)4;;/h1-2,5-6H,(H,7,8)(H,9,10);1-2H,(H,5,6)(H,7,8);1H3,(H,2,3,4);1H;1H2. The molecule has 0 aliphatic heterocycles. The molecule has 16 heteroatoms. The molecule has 0 aromatic heterocycles. The van der Waals surface area contributed by atoms with Crippen molar-refractivity contribution in [2.75, 3.05) is 6.26 Å². The van der Waals surface area contributed by atoms with E-state index in [0.29, 0.717) is 18.4 Å². The lowest BCUT2D eigenvalue weighted by molar-refractivity contribution is -0.165. The SMILES string of the molecule is CS(=O)(=O)O.Cl.O.O=C(O)C(O)C(O)C(=O)O.O=C(O)C=CC(=O)O. The summed E-state index contributed by atoms with van der Waals surface area (Å²) in [5.41, 5.74) is 0. The molecule has 0 fully saturated rings. The maximum Gasteiger partial charge on any atom is 0.335 e. The molecule has 25 heavy (non-hydrogen) atoms. The Morgan fingerprint density at radius 1 is 0.800 bits per heavy atom. The largest absolute Gasteiger partial charge is 0.479 e. The van der Waals surface area contributed by atoms with Gasteiger partial charge in [0.25, 0.3) is 10.1 Å². The Kier molecular flexibility index (Phi) is 22.6. The van der Waals surface area contributed by atoms with E-state index in [1.54, 1.807) is 0 Å². The number of halogens is 1. The van der Waals surface area contributed by atoms with E-state index in [4.69, 9.17) is 35.2 Å². The van der Waals surface area contributed by atoms with Crippen molar-refractivity contribution in [2.24, 2.45) is 0 Å². The zero-order chi connectivity index (χ0) is 19.4. The Hall–Kier alpha value is -2.30. The van der Waals surface area contributed by atoms with Crippen LogP contribution in [0.2, 0.25) is 0 Å². The summed E-state index contributed by atoms with van der Waals surface area (Å²) in [5.74, 6) is -6.05. The van der Waals surface area contributed by atoms with Gasteiger partial charge in [0, 0.05) is 12.2 Å².